The van der Waals surface area contributed by atoms with Crippen molar-refractivity contribution in [2.75, 3.05) is 24.6 Å². The summed E-state index contributed by atoms with van der Waals surface area (Å²) >= 11 is 0. The molecule has 0 radical (unpaired) electrons. The van der Waals surface area contributed by atoms with E-state index in [-0.39, 0.29) is 23.1 Å². The SMILES string of the molecule is Cc1nc(N2CCC3(CC2)CO[C@@H](C)[C@H]3N)n(C)c(=O)c1-c1ccccc1. The molecule has 0 amide bonds. The van der Waals surface area contributed by atoms with Crippen molar-refractivity contribution in [3.63, 3.8) is 0 Å². The molecule has 2 atom stereocenters. The van der Waals surface area contributed by atoms with Crippen LogP contribution in [0.5, 0.6) is 0 Å². The average Bonchev–Trinajstić information content (AvgIpc) is 2.95. The fraction of sp³-hybridized carbons (Fsp3) is 0.524. The number of nitrogens with two attached hydrogens (primary N) is 1. The highest BCUT2D eigenvalue weighted by Gasteiger charge is 2.47. The minimum atomic E-state index is -0.00138. The van der Waals surface area contributed by atoms with Gasteiger partial charge in [0.25, 0.3) is 5.56 Å². The first-order chi connectivity index (χ1) is 12.9. The van der Waals surface area contributed by atoms with Gasteiger partial charge in [-0.1, -0.05) is 30.3 Å². The van der Waals surface area contributed by atoms with E-state index in [0.717, 1.165) is 49.7 Å². The number of nitrogens with zero attached hydrogens (tertiary/aromatic N) is 3. The fourth-order valence-electron chi connectivity index (χ4n) is 4.54. The standard InChI is InChI=1S/C21H28N4O2/c1-14-17(16-7-5-4-6-8-16)19(26)24(3)20(23-14)25-11-9-21(10-12-25)13-27-15(2)18(21)22/h4-8,15,18H,9-13,22H2,1-3H3/t15-,18+/m0/s1. The van der Waals surface area contributed by atoms with E-state index >= 15 is 0 Å². The molecule has 6 heteroatoms. The van der Waals surface area contributed by atoms with Crippen LogP contribution in [0, 0.1) is 12.3 Å². The van der Waals surface area contributed by atoms with E-state index in [1.165, 1.54) is 0 Å². The van der Waals surface area contributed by atoms with Gasteiger partial charge >= 0.3 is 0 Å². The van der Waals surface area contributed by atoms with E-state index in [4.69, 9.17) is 15.5 Å². The quantitative estimate of drug-likeness (QED) is 0.879. The van der Waals surface area contributed by atoms with Gasteiger partial charge in [-0.25, -0.2) is 4.98 Å². The Morgan fingerprint density at radius 1 is 1.22 bits per heavy atom. The van der Waals surface area contributed by atoms with Crippen molar-refractivity contribution in [1.29, 1.82) is 0 Å². The van der Waals surface area contributed by atoms with E-state index < -0.39 is 0 Å². The third kappa shape index (κ3) is 2.97. The smallest absolute Gasteiger partial charge is 0.262 e. The molecule has 2 N–H and O–H groups in total. The number of piperidine rings is 1. The Morgan fingerprint density at radius 3 is 2.48 bits per heavy atom. The molecule has 6 nitrogen and oxygen atoms in total. The molecule has 1 aromatic heterocycles. The second-order valence-corrected chi connectivity index (χ2v) is 7.99. The average molecular weight is 368 g/mol. The molecule has 2 aliphatic heterocycles. The molecule has 27 heavy (non-hydrogen) atoms. The Bertz CT molecular complexity index is 885. The summed E-state index contributed by atoms with van der Waals surface area (Å²) < 4.78 is 7.49. The van der Waals surface area contributed by atoms with Crippen molar-refractivity contribution in [2.24, 2.45) is 18.2 Å². The van der Waals surface area contributed by atoms with Gasteiger partial charge in [0.15, 0.2) is 0 Å². The van der Waals surface area contributed by atoms with Gasteiger partial charge < -0.3 is 15.4 Å². The van der Waals surface area contributed by atoms with Gasteiger partial charge in [-0.3, -0.25) is 9.36 Å². The van der Waals surface area contributed by atoms with Crippen molar-refractivity contribution in [2.45, 2.75) is 38.8 Å². The van der Waals surface area contributed by atoms with Crippen LogP contribution in [-0.2, 0) is 11.8 Å². The molecule has 2 aromatic rings. The zero-order chi connectivity index (χ0) is 19.2. The number of anilines is 1. The molecule has 0 saturated carbocycles. The maximum absolute atomic E-state index is 13.1. The molecule has 2 fully saturated rings. The topological polar surface area (TPSA) is 73.4 Å². The van der Waals surface area contributed by atoms with E-state index in [2.05, 4.69) is 11.8 Å². The van der Waals surface area contributed by atoms with Crippen LogP contribution in [0.3, 0.4) is 0 Å². The number of hydrogen-bond acceptors (Lipinski definition) is 5. The molecule has 0 aliphatic carbocycles. The molecule has 1 aromatic carbocycles. The van der Waals surface area contributed by atoms with Gasteiger partial charge in [-0.15, -0.1) is 0 Å². The molecule has 144 valence electrons. The van der Waals surface area contributed by atoms with Gasteiger partial charge in [-0.2, -0.15) is 0 Å². The zero-order valence-electron chi connectivity index (χ0n) is 16.3. The van der Waals surface area contributed by atoms with Crippen LogP contribution in [0.2, 0.25) is 0 Å². The highest BCUT2D eigenvalue weighted by molar-refractivity contribution is 5.65. The predicted octanol–water partition coefficient (Wildman–Crippen LogP) is 2.09. The van der Waals surface area contributed by atoms with Crippen molar-refractivity contribution in [3.05, 3.63) is 46.4 Å². The molecule has 1 spiro atoms. The maximum Gasteiger partial charge on any atom is 0.262 e. The molecule has 3 heterocycles. The summed E-state index contributed by atoms with van der Waals surface area (Å²) in [7, 11) is 1.81. The number of aryl methyl sites for hydroxylation is 1. The zero-order valence-corrected chi connectivity index (χ0v) is 16.3. The lowest BCUT2D eigenvalue weighted by atomic mass is 9.73. The lowest BCUT2D eigenvalue weighted by Gasteiger charge is -2.41. The monoisotopic (exact) mass is 368 g/mol. The predicted molar refractivity (Wildman–Crippen MR) is 107 cm³/mol. The van der Waals surface area contributed by atoms with Crippen molar-refractivity contribution in [3.8, 4) is 11.1 Å². The van der Waals surface area contributed by atoms with Crippen LogP contribution in [0.4, 0.5) is 5.95 Å². The fourth-order valence-corrected chi connectivity index (χ4v) is 4.54. The molecule has 4 rings (SSSR count). The third-order valence-corrected chi connectivity index (χ3v) is 6.40. The highest BCUT2D eigenvalue weighted by Crippen LogP contribution is 2.41. The molecule has 2 aliphatic rings. The Labute approximate surface area is 160 Å². The minimum Gasteiger partial charge on any atom is -0.376 e. The summed E-state index contributed by atoms with van der Waals surface area (Å²) in [4.78, 5) is 20.1. The second-order valence-electron chi connectivity index (χ2n) is 7.99. The number of ether oxygens (including phenoxy) is 1. The first kappa shape index (κ1) is 18.2. The van der Waals surface area contributed by atoms with Crippen LogP contribution in [0.25, 0.3) is 11.1 Å². The summed E-state index contributed by atoms with van der Waals surface area (Å²) in [6, 6.07) is 9.84. The lowest BCUT2D eigenvalue weighted by Crippen LogP contribution is -2.51. The van der Waals surface area contributed by atoms with Crippen LogP contribution in [0.15, 0.2) is 35.1 Å². The van der Waals surface area contributed by atoms with Crippen molar-refractivity contribution >= 4 is 5.95 Å². The van der Waals surface area contributed by atoms with Crippen LogP contribution < -0.4 is 16.2 Å². The van der Waals surface area contributed by atoms with Gasteiger partial charge in [-0.05, 0) is 32.3 Å². The maximum atomic E-state index is 13.1. The Balaban J connectivity index is 1.62. The minimum absolute atomic E-state index is 0.00138. The Hall–Kier alpha value is -2.18. The molecular weight excluding hydrogens is 340 g/mol. The number of rotatable bonds is 2. The van der Waals surface area contributed by atoms with Crippen molar-refractivity contribution < 1.29 is 4.74 Å². The molecule has 0 unspecified atom stereocenters. The summed E-state index contributed by atoms with van der Waals surface area (Å²) in [6.07, 6.45) is 2.05. The summed E-state index contributed by atoms with van der Waals surface area (Å²) in [5.74, 6) is 0.743. The van der Waals surface area contributed by atoms with Crippen molar-refractivity contribution in [1.82, 2.24) is 9.55 Å². The Kier molecular flexibility index (Phi) is 4.56. The number of aromatic nitrogens is 2. The van der Waals surface area contributed by atoms with E-state index in [1.807, 2.05) is 44.3 Å². The highest BCUT2D eigenvalue weighted by atomic mass is 16.5. The molecular formula is C21H28N4O2. The van der Waals surface area contributed by atoms with Gasteiger partial charge in [0, 0.05) is 31.6 Å². The van der Waals surface area contributed by atoms with E-state index in [0.29, 0.717) is 5.56 Å². The Morgan fingerprint density at radius 2 is 1.89 bits per heavy atom. The van der Waals surface area contributed by atoms with Crippen LogP contribution in [-0.4, -0.2) is 41.4 Å². The van der Waals surface area contributed by atoms with Gasteiger partial charge in [0.1, 0.15) is 0 Å². The van der Waals surface area contributed by atoms with Gasteiger partial charge in [0.2, 0.25) is 5.95 Å². The van der Waals surface area contributed by atoms with Gasteiger partial charge in [0.05, 0.1) is 24.0 Å². The van der Waals surface area contributed by atoms with Crippen LogP contribution >= 0.6 is 0 Å². The summed E-state index contributed by atoms with van der Waals surface area (Å²) in [5, 5.41) is 0. The van der Waals surface area contributed by atoms with E-state index in [1.54, 1.807) is 4.57 Å². The summed E-state index contributed by atoms with van der Waals surface area (Å²) in [5.41, 5.74) is 8.84. The molecule has 2 saturated heterocycles. The number of hydrogen-bond donors (Lipinski definition) is 1. The first-order valence-corrected chi connectivity index (χ1v) is 9.68. The lowest BCUT2D eigenvalue weighted by molar-refractivity contribution is 0.0973. The first-order valence-electron chi connectivity index (χ1n) is 9.68. The summed E-state index contributed by atoms with van der Waals surface area (Å²) in [6.45, 7) is 6.40. The van der Waals surface area contributed by atoms with Crippen LogP contribution in [0.1, 0.15) is 25.5 Å². The number of benzene rings is 1. The largest absolute Gasteiger partial charge is 0.376 e. The van der Waals surface area contributed by atoms with E-state index in [9.17, 15) is 4.79 Å². The molecule has 0 bridgehead atoms. The third-order valence-electron chi connectivity index (χ3n) is 6.40. The normalized spacial score (nSPS) is 24.5. The second kappa shape index (κ2) is 6.77.